The summed E-state index contributed by atoms with van der Waals surface area (Å²) in [5.74, 6) is 0.410. The Bertz CT molecular complexity index is 1280. The molecule has 7 heteroatoms. The van der Waals surface area contributed by atoms with Crippen LogP contribution in [0.25, 0.3) is 5.65 Å². The van der Waals surface area contributed by atoms with Crippen LogP contribution in [-0.2, 0) is 6.61 Å². The van der Waals surface area contributed by atoms with Crippen LogP contribution >= 0.6 is 15.9 Å². The van der Waals surface area contributed by atoms with Gasteiger partial charge in [-0.2, -0.15) is 0 Å². The quantitative estimate of drug-likeness (QED) is 0.469. The van der Waals surface area contributed by atoms with Crippen molar-refractivity contribution in [2.24, 2.45) is 0 Å². The molecule has 2 aromatic carbocycles. The van der Waals surface area contributed by atoms with Gasteiger partial charge >= 0.3 is 0 Å². The maximum Gasteiger partial charge on any atom is 0.258 e. The van der Waals surface area contributed by atoms with Crippen molar-refractivity contribution < 1.29 is 9.53 Å². The number of hydrogen-bond donors (Lipinski definition) is 1. The average molecular weight is 464 g/mol. The van der Waals surface area contributed by atoms with Gasteiger partial charge in [0.2, 0.25) is 0 Å². The van der Waals surface area contributed by atoms with Crippen LogP contribution in [0.3, 0.4) is 0 Å². The first-order valence-electron chi connectivity index (χ1n) is 9.27. The number of benzene rings is 2. The number of carbonyl (C=O) groups excluding carboxylic acids is 1. The molecule has 4 rings (SSSR count). The molecule has 0 unspecified atom stereocenters. The first kappa shape index (κ1) is 19.8. The number of aryl methyl sites for hydroxylation is 1. The maximum atomic E-state index is 12.4. The summed E-state index contributed by atoms with van der Waals surface area (Å²) in [4.78, 5) is 29.1. The summed E-state index contributed by atoms with van der Waals surface area (Å²) < 4.78 is 7.99. The van der Waals surface area contributed by atoms with Gasteiger partial charge in [0.15, 0.2) is 0 Å². The van der Waals surface area contributed by atoms with E-state index in [1.54, 1.807) is 36.5 Å². The fourth-order valence-electron chi connectivity index (χ4n) is 2.96. The molecule has 0 aliphatic carbocycles. The number of hydrogen-bond acceptors (Lipinski definition) is 4. The van der Waals surface area contributed by atoms with E-state index in [4.69, 9.17) is 4.74 Å². The zero-order valence-electron chi connectivity index (χ0n) is 16.1. The highest BCUT2D eigenvalue weighted by Crippen LogP contribution is 2.20. The van der Waals surface area contributed by atoms with Gasteiger partial charge in [0.1, 0.15) is 18.0 Å². The summed E-state index contributed by atoms with van der Waals surface area (Å²) in [5, 5.41) is 2.85. The molecule has 4 aromatic rings. The normalized spacial score (nSPS) is 10.7. The molecule has 0 aliphatic rings. The molecule has 6 nitrogen and oxygen atoms in total. The van der Waals surface area contributed by atoms with Crippen LogP contribution in [-0.4, -0.2) is 15.3 Å². The lowest BCUT2D eigenvalue weighted by Crippen LogP contribution is -2.16. The highest BCUT2D eigenvalue weighted by Gasteiger charge is 2.09. The number of rotatable bonds is 5. The second kappa shape index (κ2) is 8.51. The molecule has 0 saturated carbocycles. The molecular weight excluding hydrogens is 446 g/mol. The minimum Gasteiger partial charge on any atom is -0.487 e. The third kappa shape index (κ3) is 4.41. The van der Waals surface area contributed by atoms with Crippen LogP contribution in [0.15, 0.2) is 82.2 Å². The molecule has 0 atom stereocenters. The van der Waals surface area contributed by atoms with Crippen molar-refractivity contribution in [2.75, 3.05) is 5.32 Å². The molecule has 2 heterocycles. The minimum atomic E-state index is -0.202. The van der Waals surface area contributed by atoms with Crippen LogP contribution in [0.2, 0.25) is 0 Å². The molecule has 2 aromatic heterocycles. The van der Waals surface area contributed by atoms with Crippen molar-refractivity contribution in [3.8, 4) is 5.75 Å². The molecule has 0 aliphatic heterocycles. The molecule has 0 bridgehead atoms. The zero-order chi connectivity index (χ0) is 21.1. The van der Waals surface area contributed by atoms with E-state index in [1.807, 2.05) is 37.3 Å². The highest BCUT2D eigenvalue weighted by molar-refractivity contribution is 9.10. The number of ether oxygens (including phenoxy) is 1. The predicted molar refractivity (Wildman–Crippen MR) is 119 cm³/mol. The van der Waals surface area contributed by atoms with E-state index >= 15 is 0 Å². The van der Waals surface area contributed by atoms with Gasteiger partial charge in [0.25, 0.3) is 11.5 Å². The van der Waals surface area contributed by atoms with Crippen molar-refractivity contribution in [1.29, 1.82) is 0 Å². The summed E-state index contributed by atoms with van der Waals surface area (Å²) in [7, 11) is 0. The number of fused-ring (bicyclic) bond motifs is 1. The standard InChI is InChI=1S/C23H18BrN3O3/c1-15-10-11-27-21(12-15)25-17(13-22(27)28)14-30-18-8-6-16(7-9-18)26-23(29)19-4-2-3-5-20(19)24/h2-13H,14H2,1H3,(H,26,29). The van der Waals surface area contributed by atoms with Crippen molar-refractivity contribution in [1.82, 2.24) is 9.38 Å². The van der Waals surface area contributed by atoms with Crippen LogP contribution in [0, 0.1) is 6.92 Å². The van der Waals surface area contributed by atoms with E-state index in [0.717, 1.165) is 10.0 Å². The van der Waals surface area contributed by atoms with Gasteiger partial charge in [-0.1, -0.05) is 12.1 Å². The van der Waals surface area contributed by atoms with Crippen molar-refractivity contribution >= 4 is 33.2 Å². The Balaban J connectivity index is 1.43. The van der Waals surface area contributed by atoms with Crippen LogP contribution in [0.4, 0.5) is 5.69 Å². The number of amides is 1. The molecule has 0 fully saturated rings. The number of halogens is 1. The fourth-order valence-corrected chi connectivity index (χ4v) is 3.43. The van der Waals surface area contributed by atoms with Gasteiger partial charge in [-0.3, -0.25) is 14.0 Å². The Morgan fingerprint density at radius 1 is 1.10 bits per heavy atom. The summed E-state index contributed by atoms with van der Waals surface area (Å²) >= 11 is 3.38. The van der Waals surface area contributed by atoms with Crippen molar-refractivity contribution in [3.63, 3.8) is 0 Å². The van der Waals surface area contributed by atoms with Gasteiger partial charge in [0, 0.05) is 22.4 Å². The van der Waals surface area contributed by atoms with E-state index in [-0.39, 0.29) is 18.1 Å². The molecule has 1 N–H and O–H groups in total. The van der Waals surface area contributed by atoms with Gasteiger partial charge in [0.05, 0.1) is 11.3 Å². The third-order valence-electron chi connectivity index (χ3n) is 4.49. The van der Waals surface area contributed by atoms with Gasteiger partial charge < -0.3 is 10.1 Å². The molecular formula is C23H18BrN3O3. The van der Waals surface area contributed by atoms with E-state index in [2.05, 4.69) is 26.2 Å². The number of anilines is 1. The summed E-state index contributed by atoms with van der Waals surface area (Å²) in [6.07, 6.45) is 1.71. The summed E-state index contributed by atoms with van der Waals surface area (Å²) in [5.41, 5.74) is 3.23. The van der Waals surface area contributed by atoms with E-state index in [1.165, 1.54) is 10.5 Å². The Labute approximate surface area is 181 Å². The lowest BCUT2D eigenvalue weighted by molar-refractivity contribution is 0.102. The Hall–Kier alpha value is -3.45. The SMILES string of the molecule is Cc1ccn2c(=O)cc(COc3ccc(NC(=O)c4ccccc4Br)cc3)nc2c1. The number of carbonyl (C=O) groups is 1. The first-order chi connectivity index (χ1) is 14.5. The average Bonchev–Trinajstić information content (AvgIpc) is 2.73. The first-order valence-corrected chi connectivity index (χ1v) is 10.1. The number of nitrogens with zero attached hydrogens (tertiary/aromatic N) is 2. The lowest BCUT2D eigenvalue weighted by Gasteiger charge is -2.09. The Kier molecular flexibility index (Phi) is 5.63. The number of pyridine rings is 1. The molecule has 1 amide bonds. The molecule has 0 radical (unpaired) electrons. The topological polar surface area (TPSA) is 72.7 Å². The number of nitrogens with one attached hydrogen (secondary N) is 1. The monoisotopic (exact) mass is 463 g/mol. The maximum absolute atomic E-state index is 12.4. The van der Waals surface area contributed by atoms with Crippen molar-refractivity contribution in [3.05, 3.63) is 105 Å². The minimum absolute atomic E-state index is 0.149. The van der Waals surface area contributed by atoms with E-state index in [9.17, 15) is 9.59 Å². The fraction of sp³-hybridized carbons (Fsp3) is 0.0870. The summed E-state index contributed by atoms with van der Waals surface area (Å²) in [6, 6.07) is 19.5. The van der Waals surface area contributed by atoms with Gasteiger partial charge in [-0.15, -0.1) is 0 Å². The van der Waals surface area contributed by atoms with Crippen LogP contribution < -0.4 is 15.6 Å². The second-order valence-electron chi connectivity index (χ2n) is 6.77. The largest absolute Gasteiger partial charge is 0.487 e. The van der Waals surface area contributed by atoms with E-state index < -0.39 is 0 Å². The van der Waals surface area contributed by atoms with Gasteiger partial charge in [-0.05, 0) is 76.9 Å². The predicted octanol–water partition coefficient (Wildman–Crippen LogP) is 4.60. The summed E-state index contributed by atoms with van der Waals surface area (Å²) in [6.45, 7) is 2.12. The lowest BCUT2D eigenvalue weighted by atomic mass is 10.2. The molecule has 0 saturated heterocycles. The third-order valence-corrected chi connectivity index (χ3v) is 5.18. The Morgan fingerprint density at radius 2 is 1.87 bits per heavy atom. The van der Waals surface area contributed by atoms with Crippen LogP contribution in [0.5, 0.6) is 5.75 Å². The van der Waals surface area contributed by atoms with E-state index in [0.29, 0.717) is 28.3 Å². The molecule has 0 spiro atoms. The molecule has 150 valence electrons. The van der Waals surface area contributed by atoms with Crippen molar-refractivity contribution in [2.45, 2.75) is 13.5 Å². The highest BCUT2D eigenvalue weighted by atomic mass is 79.9. The number of aromatic nitrogens is 2. The Morgan fingerprint density at radius 3 is 2.63 bits per heavy atom. The smallest absolute Gasteiger partial charge is 0.258 e. The zero-order valence-corrected chi connectivity index (χ0v) is 17.7. The second-order valence-corrected chi connectivity index (χ2v) is 7.62. The van der Waals surface area contributed by atoms with Crippen LogP contribution in [0.1, 0.15) is 21.6 Å². The molecule has 30 heavy (non-hydrogen) atoms. The van der Waals surface area contributed by atoms with Gasteiger partial charge in [-0.25, -0.2) is 4.98 Å².